The highest BCUT2D eigenvalue weighted by molar-refractivity contribution is 5.68. The number of hydrogen-bond acceptors (Lipinski definition) is 3. The van der Waals surface area contributed by atoms with E-state index in [1.165, 1.54) is 19.1 Å². The number of ether oxygens (including phenoxy) is 1. The van der Waals surface area contributed by atoms with Gasteiger partial charge in [-0.15, -0.1) is 0 Å². The van der Waals surface area contributed by atoms with E-state index in [-0.39, 0.29) is 5.88 Å². The number of hydrogen-bond donors (Lipinski definition) is 0. The molecule has 0 bridgehead atoms. The molecule has 0 amide bonds. The zero-order chi connectivity index (χ0) is 9.14. The van der Waals surface area contributed by atoms with Crippen LogP contribution in [-0.4, -0.2) is 11.0 Å². The van der Waals surface area contributed by atoms with Crippen LogP contribution in [0.5, 0.6) is 5.88 Å². The molecule has 0 saturated heterocycles. The van der Waals surface area contributed by atoms with Gasteiger partial charge in [0.2, 0.25) is 0 Å². The van der Waals surface area contributed by atoms with Gasteiger partial charge >= 0.3 is 5.97 Å². The number of rotatable bonds is 1. The molecule has 0 spiro atoms. The number of esters is 1. The van der Waals surface area contributed by atoms with Crippen molar-refractivity contribution in [3.8, 4) is 5.88 Å². The summed E-state index contributed by atoms with van der Waals surface area (Å²) in [6.07, 6.45) is 0. The number of carbonyl (C=O) groups excluding carboxylic acids is 1. The third kappa shape index (κ3) is 2.02. The summed E-state index contributed by atoms with van der Waals surface area (Å²) in [6.45, 7) is 2.88. The Hall–Kier alpha value is -1.45. The smallest absolute Gasteiger partial charge is 0.309 e. The van der Waals surface area contributed by atoms with E-state index in [2.05, 4.69) is 9.72 Å². The van der Waals surface area contributed by atoms with Crippen LogP contribution in [0.3, 0.4) is 0 Å². The molecule has 0 N–H and O–H groups in total. The second kappa shape index (κ2) is 3.30. The Bertz CT molecular complexity index is 312. The van der Waals surface area contributed by atoms with E-state index in [1.54, 1.807) is 6.92 Å². The summed E-state index contributed by atoms with van der Waals surface area (Å²) < 4.78 is 17.3. The van der Waals surface area contributed by atoms with Crippen LogP contribution in [0, 0.1) is 12.7 Å². The minimum Gasteiger partial charge on any atom is -0.404 e. The van der Waals surface area contributed by atoms with Gasteiger partial charge in [0.25, 0.3) is 5.88 Å². The van der Waals surface area contributed by atoms with Crippen molar-refractivity contribution in [1.82, 2.24) is 4.98 Å². The van der Waals surface area contributed by atoms with Crippen molar-refractivity contribution >= 4 is 5.97 Å². The van der Waals surface area contributed by atoms with Crippen molar-refractivity contribution in [2.24, 2.45) is 0 Å². The third-order valence-electron chi connectivity index (χ3n) is 1.19. The fourth-order valence-corrected chi connectivity index (χ4v) is 0.724. The molecule has 0 saturated carbocycles. The molecule has 0 fully saturated rings. The van der Waals surface area contributed by atoms with E-state index < -0.39 is 11.8 Å². The molecule has 1 aromatic heterocycles. The highest BCUT2D eigenvalue weighted by Crippen LogP contribution is 2.13. The minimum atomic E-state index is -0.629. The molecule has 4 heteroatoms. The molecule has 1 heterocycles. The zero-order valence-electron chi connectivity index (χ0n) is 6.80. The molecule has 1 aromatic rings. The van der Waals surface area contributed by atoms with Crippen molar-refractivity contribution in [3.05, 3.63) is 23.6 Å². The average Bonchev–Trinajstić information content (AvgIpc) is 1.96. The number of aryl methyl sites for hydroxylation is 1. The summed E-state index contributed by atoms with van der Waals surface area (Å²) in [7, 11) is 0. The summed E-state index contributed by atoms with van der Waals surface area (Å²) in [5.41, 5.74) is 0.604. The van der Waals surface area contributed by atoms with Crippen molar-refractivity contribution in [3.63, 3.8) is 0 Å². The highest BCUT2D eigenvalue weighted by Gasteiger charge is 2.06. The van der Waals surface area contributed by atoms with Gasteiger partial charge in [-0.3, -0.25) is 4.79 Å². The Labute approximate surface area is 69.2 Å². The second-order valence-corrected chi connectivity index (χ2v) is 2.33. The second-order valence-electron chi connectivity index (χ2n) is 2.33. The normalized spacial score (nSPS) is 9.58. The molecular formula is C8H8FNO2. The molecule has 1 rings (SSSR count). The largest absolute Gasteiger partial charge is 0.404 e. The van der Waals surface area contributed by atoms with Crippen LogP contribution in [0.4, 0.5) is 4.39 Å². The molecule has 0 aliphatic rings. The van der Waals surface area contributed by atoms with Crippen LogP contribution < -0.4 is 4.74 Å². The van der Waals surface area contributed by atoms with Crippen LogP contribution in [0.15, 0.2) is 12.1 Å². The van der Waals surface area contributed by atoms with Crippen molar-refractivity contribution in [2.45, 2.75) is 13.8 Å². The Morgan fingerprint density at radius 3 is 2.83 bits per heavy atom. The zero-order valence-corrected chi connectivity index (χ0v) is 6.80. The predicted molar refractivity (Wildman–Crippen MR) is 40.2 cm³/mol. The Balaban J connectivity index is 2.97. The number of carbonyl (C=O) groups is 1. The number of pyridine rings is 1. The number of aromatic nitrogens is 1. The summed E-state index contributed by atoms with van der Waals surface area (Å²) >= 11 is 0. The lowest BCUT2D eigenvalue weighted by Crippen LogP contribution is -2.05. The van der Waals surface area contributed by atoms with Gasteiger partial charge in [0.05, 0.1) is 0 Å². The Morgan fingerprint density at radius 1 is 1.58 bits per heavy atom. The fourth-order valence-electron chi connectivity index (χ4n) is 0.724. The maximum atomic E-state index is 12.8. The van der Waals surface area contributed by atoms with Crippen molar-refractivity contribution in [1.29, 1.82) is 0 Å². The Morgan fingerprint density at radius 2 is 2.25 bits per heavy atom. The molecule has 12 heavy (non-hydrogen) atoms. The van der Waals surface area contributed by atoms with Gasteiger partial charge in [-0.05, 0) is 19.1 Å². The molecular weight excluding hydrogens is 161 g/mol. The lowest BCUT2D eigenvalue weighted by atomic mass is 10.4. The quantitative estimate of drug-likeness (QED) is 0.597. The van der Waals surface area contributed by atoms with Crippen LogP contribution in [0.1, 0.15) is 12.6 Å². The van der Waals surface area contributed by atoms with Crippen LogP contribution in [0.25, 0.3) is 0 Å². The molecule has 0 atom stereocenters. The van der Waals surface area contributed by atoms with Gasteiger partial charge < -0.3 is 4.74 Å². The van der Waals surface area contributed by atoms with Crippen molar-refractivity contribution in [2.75, 3.05) is 0 Å². The number of nitrogens with zero attached hydrogens (tertiary/aromatic N) is 1. The Kier molecular flexibility index (Phi) is 2.38. The van der Waals surface area contributed by atoms with Crippen molar-refractivity contribution < 1.29 is 13.9 Å². The van der Waals surface area contributed by atoms with E-state index in [4.69, 9.17) is 0 Å². The van der Waals surface area contributed by atoms with Gasteiger partial charge in [-0.2, -0.15) is 0 Å². The average molecular weight is 169 g/mol. The van der Waals surface area contributed by atoms with Gasteiger partial charge in [0, 0.05) is 12.6 Å². The minimum absolute atomic E-state index is 0.262. The standard InChI is InChI=1S/C8H8FNO2/c1-5-3-4-7(9)8(10-5)12-6(2)11/h3-4H,1-2H3. The molecule has 0 aliphatic carbocycles. The van der Waals surface area contributed by atoms with E-state index in [0.717, 1.165) is 0 Å². The first kappa shape index (κ1) is 8.64. The summed E-state index contributed by atoms with van der Waals surface area (Å²) in [6, 6.07) is 2.71. The van der Waals surface area contributed by atoms with E-state index in [9.17, 15) is 9.18 Å². The molecule has 0 radical (unpaired) electrons. The first-order valence-corrected chi connectivity index (χ1v) is 3.41. The lowest BCUT2D eigenvalue weighted by molar-refractivity contribution is -0.132. The maximum Gasteiger partial charge on any atom is 0.309 e. The first-order chi connectivity index (χ1) is 5.59. The molecule has 0 aromatic carbocycles. The monoisotopic (exact) mass is 169 g/mol. The SMILES string of the molecule is CC(=O)Oc1nc(C)ccc1F. The van der Waals surface area contributed by atoms with Crippen LogP contribution >= 0.6 is 0 Å². The number of halogens is 1. The molecule has 0 unspecified atom stereocenters. The maximum absolute atomic E-state index is 12.8. The summed E-state index contributed by atoms with van der Waals surface area (Å²) in [5, 5.41) is 0. The fraction of sp³-hybridized carbons (Fsp3) is 0.250. The van der Waals surface area contributed by atoms with E-state index in [1.807, 2.05) is 0 Å². The summed E-state index contributed by atoms with van der Waals surface area (Å²) in [4.78, 5) is 14.1. The first-order valence-electron chi connectivity index (χ1n) is 3.41. The lowest BCUT2D eigenvalue weighted by Gasteiger charge is -2.01. The molecule has 3 nitrogen and oxygen atoms in total. The van der Waals surface area contributed by atoms with E-state index in [0.29, 0.717) is 5.69 Å². The molecule has 0 aliphatic heterocycles. The van der Waals surface area contributed by atoms with Crippen LogP contribution in [-0.2, 0) is 4.79 Å². The topological polar surface area (TPSA) is 39.2 Å². The summed E-state index contributed by atoms with van der Waals surface area (Å²) in [5.74, 6) is -1.47. The van der Waals surface area contributed by atoms with Gasteiger partial charge in [-0.1, -0.05) is 0 Å². The van der Waals surface area contributed by atoms with Crippen LogP contribution in [0.2, 0.25) is 0 Å². The van der Waals surface area contributed by atoms with Gasteiger partial charge in [0.1, 0.15) is 0 Å². The molecule has 64 valence electrons. The van der Waals surface area contributed by atoms with Gasteiger partial charge in [0.15, 0.2) is 5.82 Å². The van der Waals surface area contributed by atoms with E-state index >= 15 is 0 Å². The third-order valence-corrected chi connectivity index (χ3v) is 1.19. The predicted octanol–water partition coefficient (Wildman–Crippen LogP) is 1.45. The highest BCUT2D eigenvalue weighted by atomic mass is 19.1. The van der Waals surface area contributed by atoms with Gasteiger partial charge in [-0.25, -0.2) is 9.37 Å².